The lowest BCUT2D eigenvalue weighted by Crippen LogP contribution is -2.42. The van der Waals surface area contributed by atoms with Crippen molar-refractivity contribution in [3.63, 3.8) is 0 Å². The Morgan fingerprint density at radius 2 is 1.79 bits per heavy atom. The lowest BCUT2D eigenvalue weighted by molar-refractivity contribution is -0.137. The Morgan fingerprint density at radius 3 is 2.32 bits per heavy atom. The minimum absolute atomic E-state index is 0.266. The zero-order valence-electron chi connectivity index (χ0n) is 12.6. The SMILES string of the molecule is CC(C)(C)C1CCC(C(=O)N2CCCC2CCl)CC1. The van der Waals surface area contributed by atoms with Gasteiger partial charge < -0.3 is 4.90 Å². The quantitative estimate of drug-likeness (QED) is 0.701. The van der Waals surface area contributed by atoms with Crippen molar-refractivity contribution in [2.75, 3.05) is 12.4 Å². The first-order chi connectivity index (χ1) is 8.93. The van der Waals surface area contributed by atoms with Crippen LogP contribution < -0.4 is 0 Å². The molecule has 1 atom stereocenters. The lowest BCUT2D eigenvalue weighted by atomic mass is 9.69. The summed E-state index contributed by atoms with van der Waals surface area (Å²) in [5.41, 5.74) is 0.389. The number of halogens is 1. The van der Waals surface area contributed by atoms with Crippen LogP contribution in [0.15, 0.2) is 0 Å². The van der Waals surface area contributed by atoms with Crippen molar-refractivity contribution in [2.45, 2.75) is 65.3 Å². The Morgan fingerprint density at radius 1 is 1.16 bits per heavy atom. The summed E-state index contributed by atoms with van der Waals surface area (Å²) in [5.74, 6) is 2.03. The van der Waals surface area contributed by atoms with Crippen molar-refractivity contribution < 1.29 is 4.79 Å². The fourth-order valence-electron chi connectivity index (χ4n) is 3.73. The fourth-order valence-corrected chi connectivity index (χ4v) is 4.05. The third-order valence-electron chi connectivity index (χ3n) is 5.14. The van der Waals surface area contributed by atoms with Crippen molar-refractivity contribution in [3.05, 3.63) is 0 Å². The molecule has 0 aromatic heterocycles. The van der Waals surface area contributed by atoms with E-state index in [1.54, 1.807) is 0 Å². The Labute approximate surface area is 122 Å². The highest BCUT2D eigenvalue weighted by Crippen LogP contribution is 2.40. The van der Waals surface area contributed by atoms with E-state index in [1.807, 2.05) is 0 Å². The first-order valence-electron chi connectivity index (χ1n) is 7.80. The number of hydrogen-bond donors (Lipinski definition) is 0. The van der Waals surface area contributed by atoms with Crippen molar-refractivity contribution in [2.24, 2.45) is 17.3 Å². The van der Waals surface area contributed by atoms with E-state index in [0.717, 1.165) is 38.1 Å². The van der Waals surface area contributed by atoms with Gasteiger partial charge in [-0.2, -0.15) is 0 Å². The molecular formula is C16H28ClNO. The number of amides is 1. The molecule has 1 aliphatic heterocycles. The Hall–Kier alpha value is -0.240. The van der Waals surface area contributed by atoms with Crippen molar-refractivity contribution >= 4 is 17.5 Å². The largest absolute Gasteiger partial charge is 0.338 e. The van der Waals surface area contributed by atoms with Gasteiger partial charge in [0.2, 0.25) is 5.91 Å². The predicted molar refractivity (Wildman–Crippen MR) is 80.4 cm³/mol. The number of hydrogen-bond acceptors (Lipinski definition) is 1. The molecule has 2 rings (SSSR count). The van der Waals surface area contributed by atoms with Crippen molar-refractivity contribution in [3.8, 4) is 0 Å². The standard InChI is InChI=1S/C16H28ClNO/c1-16(2,3)13-8-6-12(7-9-13)15(19)18-10-4-5-14(18)11-17/h12-14H,4-11H2,1-3H3. The molecule has 2 fully saturated rings. The number of nitrogens with zero attached hydrogens (tertiary/aromatic N) is 1. The molecule has 0 spiro atoms. The van der Waals surface area contributed by atoms with Crippen LogP contribution in [0.4, 0.5) is 0 Å². The van der Waals surface area contributed by atoms with Gasteiger partial charge in [0, 0.05) is 24.4 Å². The van der Waals surface area contributed by atoms with Crippen LogP contribution in [-0.2, 0) is 4.79 Å². The van der Waals surface area contributed by atoms with E-state index >= 15 is 0 Å². The fraction of sp³-hybridized carbons (Fsp3) is 0.938. The molecule has 2 aliphatic rings. The van der Waals surface area contributed by atoms with Crippen LogP contribution in [0.3, 0.4) is 0 Å². The molecule has 1 unspecified atom stereocenters. The smallest absolute Gasteiger partial charge is 0.225 e. The number of alkyl halides is 1. The molecule has 19 heavy (non-hydrogen) atoms. The predicted octanol–water partition coefficient (Wildman–Crippen LogP) is 4.07. The first-order valence-corrected chi connectivity index (χ1v) is 8.33. The minimum atomic E-state index is 0.266. The second-order valence-corrected chi connectivity index (χ2v) is 7.71. The normalized spacial score (nSPS) is 32.6. The van der Waals surface area contributed by atoms with Crippen LogP contribution in [0, 0.1) is 17.3 Å². The van der Waals surface area contributed by atoms with E-state index in [2.05, 4.69) is 25.7 Å². The molecule has 1 heterocycles. The zero-order valence-corrected chi connectivity index (χ0v) is 13.4. The summed E-state index contributed by atoms with van der Waals surface area (Å²) in [6.45, 7) is 7.90. The summed E-state index contributed by atoms with van der Waals surface area (Å²) in [5, 5.41) is 0. The molecule has 0 aromatic rings. The summed E-state index contributed by atoms with van der Waals surface area (Å²) in [6.07, 6.45) is 6.78. The van der Waals surface area contributed by atoms with E-state index < -0.39 is 0 Å². The number of likely N-dealkylation sites (tertiary alicyclic amines) is 1. The third kappa shape index (κ3) is 3.45. The van der Waals surface area contributed by atoms with Gasteiger partial charge >= 0.3 is 0 Å². The van der Waals surface area contributed by atoms with Crippen molar-refractivity contribution in [1.29, 1.82) is 0 Å². The van der Waals surface area contributed by atoms with Gasteiger partial charge in [-0.25, -0.2) is 0 Å². The summed E-state index contributed by atoms with van der Waals surface area (Å²) in [7, 11) is 0. The highest BCUT2D eigenvalue weighted by atomic mass is 35.5. The van der Waals surface area contributed by atoms with Crippen LogP contribution in [0.1, 0.15) is 59.3 Å². The Kier molecular flexibility index (Phi) is 4.81. The van der Waals surface area contributed by atoms with Crippen LogP contribution in [0.25, 0.3) is 0 Å². The summed E-state index contributed by atoms with van der Waals surface area (Å²) in [4.78, 5) is 14.7. The topological polar surface area (TPSA) is 20.3 Å². The number of rotatable bonds is 2. The van der Waals surface area contributed by atoms with Gasteiger partial charge in [-0.15, -0.1) is 11.6 Å². The van der Waals surface area contributed by atoms with Crippen LogP contribution in [0.5, 0.6) is 0 Å². The minimum Gasteiger partial charge on any atom is -0.338 e. The maximum atomic E-state index is 12.6. The molecule has 2 nitrogen and oxygen atoms in total. The highest BCUT2D eigenvalue weighted by Gasteiger charge is 2.36. The van der Waals surface area contributed by atoms with E-state index in [0.29, 0.717) is 23.2 Å². The van der Waals surface area contributed by atoms with Gasteiger partial charge in [0.15, 0.2) is 0 Å². The average Bonchev–Trinajstić information content (AvgIpc) is 2.85. The van der Waals surface area contributed by atoms with Crippen molar-refractivity contribution in [1.82, 2.24) is 4.90 Å². The molecule has 0 N–H and O–H groups in total. The van der Waals surface area contributed by atoms with Crippen LogP contribution in [0.2, 0.25) is 0 Å². The summed E-state index contributed by atoms with van der Waals surface area (Å²) >= 11 is 5.97. The number of carbonyl (C=O) groups excluding carboxylic acids is 1. The molecule has 0 bridgehead atoms. The summed E-state index contributed by atoms with van der Waals surface area (Å²) < 4.78 is 0. The van der Waals surface area contributed by atoms with E-state index in [-0.39, 0.29) is 5.92 Å². The van der Waals surface area contributed by atoms with E-state index in [4.69, 9.17) is 11.6 Å². The maximum absolute atomic E-state index is 12.6. The average molecular weight is 286 g/mol. The monoisotopic (exact) mass is 285 g/mol. The zero-order chi connectivity index (χ0) is 14.0. The van der Waals surface area contributed by atoms with Gasteiger partial charge in [0.25, 0.3) is 0 Å². The molecule has 1 amide bonds. The molecular weight excluding hydrogens is 258 g/mol. The highest BCUT2D eigenvalue weighted by molar-refractivity contribution is 6.18. The Balaban J connectivity index is 1.89. The third-order valence-corrected chi connectivity index (χ3v) is 5.50. The van der Waals surface area contributed by atoms with E-state index in [9.17, 15) is 4.79 Å². The maximum Gasteiger partial charge on any atom is 0.225 e. The molecule has 1 saturated heterocycles. The molecule has 0 radical (unpaired) electrons. The van der Waals surface area contributed by atoms with Gasteiger partial charge in [-0.05, 0) is 49.9 Å². The molecule has 110 valence electrons. The van der Waals surface area contributed by atoms with Gasteiger partial charge in [0.05, 0.1) is 0 Å². The van der Waals surface area contributed by atoms with Gasteiger partial charge in [-0.1, -0.05) is 20.8 Å². The Bertz CT molecular complexity index is 315. The molecule has 1 saturated carbocycles. The van der Waals surface area contributed by atoms with Crippen LogP contribution >= 0.6 is 11.6 Å². The first kappa shape index (κ1) is 15.2. The van der Waals surface area contributed by atoms with Gasteiger partial charge in [0.1, 0.15) is 0 Å². The second kappa shape index (κ2) is 6.03. The molecule has 3 heteroatoms. The van der Waals surface area contributed by atoms with Gasteiger partial charge in [-0.3, -0.25) is 4.79 Å². The second-order valence-electron chi connectivity index (χ2n) is 7.40. The number of carbonyl (C=O) groups is 1. The molecule has 1 aliphatic carbocycles. The van der Waals surface area contributed by atoms with E-state index in [1.165, 1.54) is 12.8 Å². The van der Waals surface area contributed by atoms with Crippen LogP contribution in [-0.4, -0.2) is 29.3 Å². The molecule has 0 aromatic carbocycles. The lowest BCUT2D eigenvalue weighted by Gasteiger charge is -2.38. The summed E-state index contributed by atoms with van der Waals surface area (Å²) in [6, 6.07) is 0.300.